The molecule has 1 saturated heterocycles. The van der Waals surface area contributed by atoms with Gasteiger partial charge in [-0.05, 0) is 26.7 Å². The first-order chi connectivity index (χ1) is 10.6. The van der Waals surface area contributed by atoms with Crippen LogP contribution in [-0.2, 0) is 28.6 Å². The zero-order valence-electron chi connectivity index (χ0n) is 12.8. The lowest BCUT2D eigenvalue weighted by molar-refractivity contribution is -0.221. The molecule has 1 spiro atoms. The van der Waals surface area contributed by atoms with Crippen molar-refractivity contribution >= 4 is 17.8 Å². The van der Waals surface area contributed by atoms with E-state index in [0.717, 1.165) is 12.8 Å². The molecule has 3 rings (SSSR count). The number of fused-ring (bicyclic) bond motifs is 2. The van der Waals surface area contributed by atoms with E-state index in [1.54, 1.807) is 18.9 Å². The predicted molar refractivity (Wildman–Crippen MR) is 73.8 cm³/mol. The highest BCUT2D eigenvalue weighted by Gasteiger charge is 2.61. The Kier molecular flexibility index (Phi) is 3.82. The summed E-state index contributed by atoms with van der Waals surface area (Å²) >= 11 is 0. The van der Waals surface area contributed by atoms with Crippen LogP contribution in [-0.4, -0.2) is 60.5 Å². The van der Waals surface area contributed by atoms with Gasteiger partial charge in [0, 0.05) is 0 Å². The maximum atomic E-state index is 12.4. The number of rotatable bonds is 5. The number of amidine groups is 1. The van der Waals surface area contributed by atoms with Gasteiger partial charge in [-0.2, -0.15) is 0 Å². The van der Waals surface area contributed by atoms with Crippen LogP contribution in [0.5, 0.6) is 0 Å². The van der Waals surface area contributed by atoms with Crippen LogP contribution in [0.3, 0.4) is 0 Å². The van der Waals surface area contributed by atoms with Crippen LogP contribution in [0.2, 0.25) is 0 Å². The highest BCUT2D eigenvalue weighted by Crippen LogP contribution is 2.47. The van der Waals surface area contributed by atoms with Crippen LogP contribution < -0.4 is 0 Å². The molecule has 0 aromatic rings. The third-order valence-corrected chi connectivity index (χ3v) is 3.85. The maximum Gasteiger partial charge on any atom is 0.364 e. The largest absolute Gasteiger partial charge is 0.466 e. The van der Waals surface area contributed by atoms with E-state index in [1.807, 2.05) is 0 Å². The Morgan fingerprint density at radius 1 is 1.27 bits per heavy atom. The zero-order valence-corrected chi connectivity index (χ0v) is 12.8. The van der Waals surface area contributed by atoms with E-state index in [1.165, 1.54) is 0 Å². The van der Waals surface area contributed by atoms with Gasteiger partial charge in [-0.3, -0.25) is 4.79 Å². The fourth-order valence-electron chi connectivity index (χ4n) is 2.70. The second-order valence-corrected chi connectivity index (χ2v) is 5.46. The van der Waals surface area contributed by atoms with Crippen LogP contribution in [0.4, 0.5) is 0 Å². The van der Waals surface area contributed by atoms with Crippen molar-refractivity contribution in [2.45, 2.75) is 44.4 Å². The Balaban J connectivity index is 1.88. The van der Waals surface area contributed by atoms with Crippen molar-refractivity contribution in [1.82, 2.24) is 5.06 Å². The average molecular weight is 312 g/mol. The molecular formula is C14H20N2O6. The molecule has 22 heavy (non-hydrogen) atoms. The second kappa shape index (κ2) is 5.51. The molecule has 3 aliphatic rings. The molecule has 122 valence electrons. The Bertz CT molecular complexity index is 515. The molecule has 1 aliphatic carbocycles. The molecule has 0 aromatic carbocycles. The standard InChI is InChI=1S/C14H20N2O6/c1-3-19-10(17)9-14(12(18)20-4-2)15-11-13(5-6-13)21-8-7-16(11)22-14/h3-9H2,1-2H3. The quantitative estimate of drug-likeness (QED) is 0.679. The molecular weight excluding hydrogens is 292 g/mol. The Morgan fingerprint density at radius 3 is 2.64 bits per heavy atom. The van der Waals surface area contributed by atoms with Gasteiger partial charge in [0.15, 0.2) is 5.84 Å². The minimum Gasteiger partial charge on any atom is -0.466 e. The lowest BCUT2D eigenvalue weighted by Crippen LogP contribution is -2.48. The first kappa shape index (κ1) is 15.2. The molecule has 0 bridgehead atoms. The molecule has 0 radical (unpaired) electrons. The Morgan fingerprint density at radius 2 is 2.00 bits per heavy atom. The summed E-state index contributed by atoms with van der Waals surface area (Å²) in [7, 11) is 0. The first-order valence-electron chi connectivity index (χ1n) is 7.59. The normalized spacial score (nSPS) is 28.1. The van der Waals surface area contributed by atoms with Crippen molar-refractivity contribution < 1.29 is 28.6 Å². The Labute approximate surface area is 128 Å². The number of carbonyl (C=O) groups is 2. The highest BCUT2D eigenvalue weighted by atomic mass is 16.7. The van der Waals surface area contributed by atoms with E-state index in [2.05, 4.69) is 4.99 Å². The van der Waals surface area contributed by atoms with Crippen LogP contribution in [0, 0.1) is 0 Å². The summed E-state index contributed by atoms with van der Waals surface area (Å²) in [5.41, 5.74) is -2.15. The summed E-state index contributed by atoms with van der Waals surface area (Å²) in [6.07, 6.45) is 1.36. The number of aliphatic imine (C=N–C) groups is 1. The minimum atomic E-state index is -1.69. The first-order valence-corrected chi connectivity index (χ1v) is 7.59. The lowest BCUT2D eigenvalue weighted by atomic mass is 10.1. The van der Waals surface area contributed by atoms with Gasteiger partial charge in [0.2, 0.25) is 0 Å². The van der Waals surface area contributed by atoms with Crippen LogP contribution in [0.25, 0.3) is 0 Å². The molecule has 2 aliphatic heterocycles. The third-order valence-electron chi connectivity index (χ3n) is 3.85. The lowest BCUT2D eigenvalue weighted by Gasteiger charge is -2.31. The van der Waals surface area contributed by atoms with Crippen molar-refractivity contribution in [2.24, 2.45) is 4.99 Å². The fraction of sp³-hybridized carbons (Fsp3) is 0.786. The number of carbonyl (C=O) groups excluding carboxylic acids is 2. The van der Waals surface area contributed by atoms with E-state index in [4.69, 9.17) is 19.0 Å². The zero-order chi connectivity index (χ0) is 15.8. The molecule has 8 heteroatoms. The van der Waals surface area contributed by atoms with Gasteiger partial charge in [0.25, 0.3) is 5.72 Å². The van der Waals surface area contributed by atoms with E-state index >= 15 is 0 Å². The maximum absolute atomic E-state index is 12.4. The van der Waals surface area contributed by atoms with Gasteiger partial charge < -0.3 is 14.2 Å². The number of esters is 2. The van der Waals surface area contributed by atoms with Crippen molar-refractivity contribution in [3.8, 4) is 0 Å². The average Bonchev–Trinajstić information content (AvgIpc) is 3.12. The summed E-state index contributed by atoms with van der Waals surface area (Å²) in [5, 5.41) is 1.56. The van der Waals surface area contributed by atoms with E-state index in [-0.39, 0.29) is 19.6 Å². The fourth-order valence-corrected chi connectivity index (χ4v) is 2.70. The number of morpholine rings is 1. The number of ether oxygens (including phenoxy) is 3. The van der Waals surface area contributed by atoms with Crippen LogP contribution >= 0.6 is 0 Å². The van der Waals surface area contributed by atoms with E-state index in [9.17, 15) is 9.59 Å². The molecule has 0 N–H and O–H groups in total. The third kappa shape index (κ3) is 2.46. The summed E-state index contributed by atoms with van der Waals surface area (Å²) in [4.78, 5) is 34.4. The van der Waals surface area contributed by atoms with Gasteiger partial charge in [0.05, 0.1) is 26.4 Å². The molecule has 2 fully saturated rings. The highest BCUT2D eigenvalue weighted by molar-refractivity contribution is 5.98. The summed E-state index contributed by atoms with van der Waals surface area (Å²) in [6.45, 7) is 4.76. The number of hydroxylamine groups is 2. The number of nitrogens with zero attached hydrogens (tertiary/aromatic N) is 2. The molecule has 0 amide bonds. The van der Waals surface area contributed by atoms with Gasteiger partial charge in [-0.25, -0.2) is 19.7 Å². The second-order valence-electron chi connectivity index (χ2n) is 5.46. The van der Waals surface area contributed by atoms with E-state index in [0.29, 0.717) is 19.0 Å². The van der Waals surface area contributed by atoms with Gasteiger partial charge in [0.1, 0.15) is 12.0 Å². The van der Waals surface area contributed by atoms with Gasteiger partial charge in [-0.15, -0.1) is 0 Å². The van der Waals surface area contributed by atoms with Crippen molar-refractivity contribution in [2.75, 3.05) is 26.4 Å². The molecule has 8 nitrogen and oxygen atoms in total. The van der Waals surface area contributed by atoms with Crippen molar-refractivity contribution in [3.63, 3.8) is 0 Å². The summed E-state index contributed by atoms with van der Waals surface area (Å²) < 4.78 is 15.7. The Hall–Kier alpha value is -1.67. The minimum absolute atomic E-state index is 0.180. The molecule has 1 saturated carbocycles. The molecule has 1 unspecified atom stereocenters. The molecule has 2 heterocycles. The predicted octanol–water partition coefficient (Wildman–Crippen LogP) is 0.408. The van der Waals surface area contributed by atoms with Crippen LogP contribution in [0.15, 0.2) is 4.99 Å². The summed E-state index contributed by atoms with van der Waals surface area (Å²) in [5.74, 6) is -0.651. The van der Waals surface area contributed by atoms with E-state index < -0.39 is 23.3 Å². The topological polar surface area (TPSA) is 86.7 Å². The smallest absolute Gasteiger partial charge is 0.364 e. The van der Waals surface area contributed by atoms with Gasteiger partial charge in [-0.1, -0.05) is 0 Å². The monoisotopic (exact) mass is 312 g/mol. The molecule has 1 atom stereocenters. The van der Waals surface area contributed by atoms with Crippen molar-refractivity contribution in [3.05, 3.63) is 0 Å². The SMILES string of the molecule is CCOC(=O)CC1(C(=O)OCC)N=C2N(CCOC23CC3)O1. The summed E-state index contributed by atoms with van der Waals surface area (Å²) in [6, 6.07) is 0. The van der Waals surface area contributed by atoms with Crippen LogP contribution in [0.1, 0.15) is 33.1 Å². The number of hydrogen-bond acceptors (Lipinski definition) is 8. The van der Waals surface area contributed by atoms with Gasteiger partial charge >= 0.3 is 11.9 Å². The van der Waals surface area contributed by atoms with Crippen molar-refractivity contribution in [1.29, 1.82) is 0 Å². The number of hydrogen-bond donors (Lipinski definition) is 0. The molecule has 0 aromatic heterocycles.